The number of hydrogen-bond acceptors (Lipinski definition) is 6. The first-order chi connectivity index (χ1) is 9.35. The van der Waals surface area contributed by atoms with Gasteiger partial charge in [-0.05, 0) is 6.26 Å². The minimum atomic E-state index is -1.44. The molecule has 20 heavy (non-hydrogen) atoms. The summed E-state index contributed by atoms with van der Waals surface area (Å²) in [4.78, 5) is 41.3. The number of halogens is 1. The van der Waals surface area contributed by atoms with Crippen molar-refractivity contribution in [3.8, 4) is 0 Å². The lowest BCUT2D eigenvalue weighted by atomic mass is 10.2. The molecule has 108 valence electrons. The van der Waals surface area contributed by atoms with Gasteiger partial charge < -0.3 is 16.2 Å². The molecule has 0 aromatic carbocycles. The van der Waals surface area contributed by atoms with Crippen LogP contribution in [0, 0.1) is 0 Å². The summed E-state index contributed by atoms with van der Waals surface area (Å²) in [5.41, 5.74) is 4.75. The van der Waals surface area contributed by atoms with Crippen molar-refractivity contribution in [2.45, 2.75) is 17.6 Å². The van der Waals surface area contributed by atoms with Crippen molar-refractivity contribution >= 4 is 41.1 Å². The Labute approximate surface area is 123 Å². The molecular weight excluding hydrogens is 308 g/mol. The normalized spacial score (nSPS) is 11.7. The van der Waals surface area contributed by atoms with Gasteiger partial charge >= 0.3 is 5.97 Å². The van der Waals surface area contributed by atoms with E-state index in [4.69, 9.17) is 22.4 Å². The van der Waals surface area contributed by atoms with Crippen LogP contribution >= 0.6 is 23.4 Å². The minimum Gasteiger partial charge on any atom is -0.480 e. The van der Waals surface area contributed by atoms with Crippen LogP contribution in [0.2, 0.25) is 5.02 Å². The third-order valence-corrected chi connectivity index (χ3v) is 2.97. The number of amides is 2. The third kappa shape index (κ3) is 4.35. The highest BCUT2D eigenvalue weighted by atomic mass is 35.5. The molecule has 0 fully saturated rings. The van der Waals surface area contributed by atoms with Crippen LogP contribution in [0.25, 0.3) is 0 Å². The molecule has 0 saturated heterocycles. The van der Waals surface area contributed by atoms with E-state index in [9.17, 15) is 14.4 Å². The number of primary amides is 1. The van der Waals surface area contributed by atoms with Crippen molar-refractivity contribution in [1.82, 2.24) is 15.3 Å². The molecule has 0 aliphatic heterocycles. The number of nitrogens with zero attached hydrogens (tertiary/aromatic N) is 2. The Kier molecular flexibility index (Phi) is 5.71. The quantitative estimate of drug-likeness (QED) is 0.492. The molecule has 0 bridgehead atoms. The van der Waals surface area contributed by atoms with Gasteiger partial charge in [0.25, 0.3) is 5.91 Å². The third-order valence-electron chi connectivity index (χ3n) is 2.13. The second-order valence-corrected chi connectivity index (χ2v) is 4.77. The summed E-state index contributed by atoms with van der Waals surface area (Å²) in [6.07, 6.45) is 2.41. The number of thioether (sulfide) groups is 1. The highest BCUT2D eigenvalue weighted by molar-refractivity contribution is 7.98. The van der Waals surface area contributed by atoms with E-state index in [0.717, 1.165) is 0 Å². The minimum absolute atomic E-state index is 0.0245. The molecule has 4 N–H and O–H groups in total. The monoisotopic (exact) mass is 318 g/mol. The number of carbonyl (C=O) groups is 3. The molecular formula is C10H11ClN4O4S. The summed E-state index contributed by atoms with van der Waals surface area (Å²) in [6, 6.07) is -1.44. The summed E-state index contributed by atoms with van der Waals surface area (Å²) < 4.78 is 0. The van der Waals surface area contributed by atoms with E-state index in [1.165, 1.54) is 18.0 Å². The van der Waals surface area contributed by atoms with Gasteiger partial charge in [-0.1, -0.05) is 23.4 Å². The summed E-state index contributed by atoms with van der Waals surface area (Å²) in [5.74, 6) is -3.05. The average molecular weight is 319 g/mol. The van der Waals surface area contributed by atoms with Crippen molar-refractivity contribution < 1.29 is 19.5 Å². The first-order valence-electron chi connectivity index (χ1n) is 5.23. The van der Waals surface area contributed by atoms with E-state index in [1.807, 2.05) is 0 Å². The van der Waals surface area contributed by atoms with Crippen LogP contribution in [0.5, 0.6) is 0 Å². The van der Waals surface area contributed by atoms with E-state index in [2.05, 4.69) is 15.3 Å². The molecule has 1 unspecified atom stereocenters. The standard InChI is InChI=1S/C10H11ClN4O4S/c1-20-10-13-3-4(11)7(15-10)8(17)14-5(9(18)19)2-6(12)16/h3,5H,2H2,1H3,(H2,12,16)(H,14,17)(H,18,19). The molecule has 2 amide bonds. The average Bonchev–Trinajstić information content (AvgIpc) is 2.37. The molecule has 1 aromatic rings. The molecule has 10 heteroatoms. The second-order valence-electron chi connectivity index (χ2n) is 3.59. The molecule has 0 aliphatic carbocycles. The Bertz CT molecular complexity index is 554. The molecule has 8 nitrogen and oxygen atoms in total. The second kappa shape index (κ2) is 7.06. The number of aromatic nitrogens is 2. The molecule has 0 spiro atoms. The van der Waals surface area contributed by atoms with Gasteiger partial charge in [0.05, 0.1) is 17.6 Å². The Hall–Kier alpha value is -1.87. The van der Waals surface area contributed by atoms with Gasteiger partial charge in [0.1, 0.15) is 6.04 Å². The lowest BCUT2D eigenvalue weighted by Gasteiger charge is -2.13. The van der Waals surface area contributed by atoms with Gasteiger partial charge in [0.15, 0.2) is 10.9 Å². The summed E-state index contributed by atoms with van der Waals surface area (Å²) in [7, 11) is 0. The molecule has 1 aromatic heterocycles. The highest BCUT2D eigenvalue weighted by Gasteiger charge is 2.24. The van der Waals surface area contributed by atoms with Gasteiger partial charge in [0, 0.05) is 0 Å². The largest absolute Gasteiger partial charge is 0.480 e. The number of nitrogens with two attached hydrogens (primary N) is 1. The van der Waals surface area contributed by atoms with Crippen molar-refractivity contribution in [3.63, 3.8) is 0 Å². The van der Waals surface area contributed by atoms with Crippen LogP contribution in [-0.2, 0) is 9.59 Å². The van der Waals surface area contributed by atoms with E-state index >= 15 is 0 Å². The van der Waals surface area contributed by atoms with Crippen molar-refractivity contribution in [2.24, 2.45) is 5.73 Å². The number of hydrogen-bond donors (Lipinski definition) is 3. The Morgan fingerprint density at radius 1 is 1.55 bits per heavy atom. The zero-order valence-electron chi connectivity index (χ0n) is 10.3. The van der Waals surface area contributed by atoms with Crippen molar-refractivity contribution in [3.05, 3.63) is 16.9 Å². The van der Waals surface area contributed by atoms with Gasteiger partial charge in [-0.3, -0.25) is 9.59 Å². The molecule has 0 saturated carbocycles. The van der Waals surface area contributed by atoms with Gasteiger partial charge in [-0.25, -0.2) is 14.8 Å². The lowest BCUT2D eigenvalue weighted by molar-refractivity contribution is -0.140. The van der Waals surface area contributed by atoms with Gasteiger partial charge in [-0.15, -0.1) is 0 Å². The number of aliphatic carboxylic acids is 1. The van der Waals surface area contributed by atoms with Crippen molar-refractivity contribution in [2.75, 3.05) is 6.26 Å². The van der Waals surface area contributed by atoms with E-state index < -0.39 is 30.2 Å². The Morgan fingerprint density at radius 3 is 2.70 bits per heavy atom. The van der Waals surface area contributed by atoms with Gasteiger partial charge in [0.2, 0.25) is 5.91 Å². The van der Waals surface area contributed by atoms with E-state index in [0.29, 0.717) is 5.16 Å². The predicted octanol–water partition coefficient (Wildman–Crippen LogP) is -0.0897. The molecule has 1 heterocycles. The SMILES string of the molecule is CSc1ncc(Cl)c(C(=O)NC(CC(N)=O)C(=O)O)n1. The molecule has 1 atom stereocenters. The maximum absolute atomic E-state index is 11.9. The molecule has 0 radical (unpaired) electrons. The number of carboxylic acid groups (broad SMARTS) is 1. The fourth-order valence-corrected chi connectivity index (χ4v) is 1.75. The first kappa shape index (κ1) is 16.2. The van der Waals surface area contributed by atoms with Crippen LogP contribution in [0.15, 0.2) is 11.4 Å². The lowest BCUT2D eigenvalue weighted by Crippen LogP contribution is -2.43. The zero-order chi connectivity index (χ0) is 15.3. The summed E-state index contributed by atoms with van der Waals surface area (Å²) in [5, 5.41) is 11.3. The van der Waals surface area contributed by atoms with Crippen LogP contribution in [0.4, 0.5) is 0 Å². The van der Waals surface area contributed by atoms with E-state index in [1.54, 1.807) is 6.26 Å². The van der Waals surface area contributed by atoms with Crippen molar-refractivity contribution in [1.29, 1.82) is 0 Å². The van der Waals surface area contributed by atoms with Crippen LogP contribution in [0.3, 0.4) is 0 Å². The van der Waals surface area contributed by atoms with Crippen LogP contribution in [-0.4, -0.2) is 45.2 Å². The fourth-order valence-electron chi connectivity index (χ4n) is 1.24. The Morgan fingerprint density at radius 2 is 2.20 bits per heavy atom. The van der Waals surface area contributed by atoms with Gasteiger partial charge in [-0.2, -0.15) is 0 Å². The Balaban J connectivity index is 2.94. The fraction of sp³-hybridized carbons (Fsp3) is 0.300. The van der Waals surface area contributed by atoms with Crippen LogP contribution in [0.1, 0.15) is 16.9 Å². The highest BCUT2D eigenvalue weighted by Crippen LogP contribution is 2.16. The smallest absolute Gasteiger partial charge is 0.326 e. The van der Waals surface area contributed by atoms with E-state index in [-0.39, 0.29) is 10.7 Å². The number of carboxylic acids is 1. The van der Waals surface area contributed by atoms with Crippen LogP contribution < -0.4 is 11.1 Å². The number of nitrogens with one attached hydrogen (secondary N) is 1. The topological polar surface area (TPSA) is 135 Å². The first-order valence-corrected chi connectivity index (χ1v) is 6.84. The predicted molar refractivity (Wildman–Crippen MR) is 71.5 cm³/mol. The summed E-state index contributed by atoms with van der Waals surface area (Å²) >= 11 is 6.98. The molecule has 1 rings (SSSR count). The maximum Gasteiger partial charge on any atom is 0.326 e. The number of rotatable bonds is 6. The maximum atomic E-state index is 11.9. The number of carbonyl (C=O) groups excluding carboxylic acids is 2. The molecule has 0 aliphatic rings. The zero-order valence-corrected chi connectivity index (χ0v) is 11.9. The summed E-state index contributed by atoms with van der Waals surface area (Å²) in [6.45, 7) is 0.